The van der Waals surface area contributed by atoms with Gasteiger partial charge in [-0.2, -0.15) is 13.2 Å². The molecule has 2 N–H and O–H groups in total. The molecule has 0 atom stereocenters. The average molecular weight is 571 g/mol. The number of nitrogens with one attached hydrogen (secondary N) is 2. The van der Waals surface area contributed by atoms with Crippen molar-refractivity contribution in [3.8, 4) is 5.75 Å². The fourth-order valence-electron chi connectivity index (χ4n) is 3.04. The lowest BCUT2D eigenvalue weighted by Crippen LogP contribution is -2.14. The minimum absolute atomic E-state index is 0.166. The van der Waals surface area contributed by atoms with Gasteiger partial charge in [0.2, 0.25) is 0 Å². The smallest absolute Gasteiger partial charge is 0.416 e. The molecule has 186 valence electrons. The molecule has 0 heterocycles. The van der Waals surface area contributed by atoms with Crippen LogP contribution in [0.15, 0.2) is 65.1 Å². The van der Waals surface area contributed by atoms with Crippen molar-refractivity contribution in [1.29, 1.82) is 0 Å². The predicted octanol–water partition coefficient (Wildman–Crippen LogP) is 6.02. The third-order valence-electron chi connectivity index (χ3n) is 4.93. The van der Waals surface area contributed by atoms with E-state index in [1.807, 2.05) is 0 Å². The van der Waals surface area contributed by atoms with Gasteiger partial charge < -0.3 is 15.4 Å². The molecule has 0 saturated heterocycles. The second kappa shape index (κ2) is 10.7. The Kier molecular flexibility index (Phi) is 8.11. The summed E-state index contributed by atoms with van der Waals surface area (Å²) in [6.45, 7) is 1.46. The lowest BCUT2D eigenvalue weighted by atomic mass is 10.1. The first-order valence-electron chi connectivity index (χ1n) is 10.2. The lowest BCUT2D eigenvalue weighted by Gasteiger charge is -2.17. The molecule has 0 aliphatic heterocycles. The van der Waals surface area contributed by atoms with E-state index in [4.69, 9.17) is 4.74 Å². The number of aryl methyl sites for hydroxylation is 1. The van der Waals surface area contributed by atoms with Gasteiger partial charge in [-0.25, -0.2) is 8.42 Å². The number of hydrogen-bond donors (Lipinski definition) is 2. The van der Waals surface area contributed by atoms with Gasteiger partial charge >= 0.3 is 6.18 Å². The van der Waals surface area contributed by atoms with Crippen LogP contribution < -0.4 is 15.4 Å². The quantitative estimate of drug-likeness (QED) is 0.346. The van der Waals surface area contributed by atoms with Crippen LogP contribution in [0.2, 0.25) is 0 Å². The zero-order chi connectivity index (χ0) is 25.8. The molecule has 0 aliphatic rings. The van der Waals surface area contributed by atoms with E-state index in [2.05, 4.69) is 26.6 Å². The number of ether oxygens (including phenoxy) is 1. The van der Waals surface area contributed by atoms with E-state index in [-0.39, 0.29) is 24.1 Å². The SMILES string of the molecule is Cc1ccc(C(F)(F)F)cc1COc1cc(NC(=O)c2ccc(Br)cc2)ccc1NCS(C)(=O)=O. The number of rotatable bonds is 8. The molecule has 3 aromatic rings. The normalized spacial score (nSPS) is 11.7. The minimum atomic E-state index is -4.50. The van der Waals surface area contributed by atoms with Crippen LogP contribution in [0.3, 0.4) is 0 Å². The van der Waals surface area contributed by atoms with E-state index in [0.717, 1.165) is 22.9 Å². The summed E-state index contributed by atoms with van der Waals surface area (Å²) < 4.78 is 69.2. The van der Waals surface area contributed by atoms with Gasteiger partial charge in [0.15, 0.2) is 9.84 Å². The molecule has 11 heteroatoms. The monoisotopic (exact) mass is 570 g/mol. The molecule has 35 heavy (non-hydrogen) atoms. The molecule has 0 aromatic heterocycles. The molecule has 1 amide bonds. The van der Waals surface area contributed by atoms with Gasteiger partial charge in [-0.3, -0.25) is 4.79 Å². The van der Waals surface area contributed by atoms with E-state index in [9.17, 15) is 26.4 Å². The predicted molar refractivity (Wildman–Crippen MR) is 132 cm³/mol. The molecule has 0 spiro atoms. The number of carbonyl (C=O) groups is 1. The summed E-state index contributed by atoms with van der Waals surface area (Å²) in [5, 5.41) is 5.47. The Hall–Kier alpha value is -3.05. The highest BCUT2D eigenvalue weighted by atomic mass is 79.9. The van der Waals surface area contributed by atoms with Crippen molar-refractivity contribution in [2.24, 2.45) is 0 Å². The molecule has 3 rings (SSSR count). The van der Waals surface area contributed by atoms with Gasteiger partial charge in [-0.1, -0.05) is 22.0 Å². The Morgan fingerprint density at radius 3 is 2.34 bits per heavy atom. The zero-order valence-corrected chi connectivity index (χ0v) is 21.1. The Bertz CT molecular complexity index is 1330. The molecular weight excluding hydrogens is 549 g/mol. The van der Waals surface area contributed by atoms with Crippen molar-refractivity contribution >= 4 is 43.0 Å². The maximum atomic E-state index is 13.1. The molecule has 0 radical (unpaired) electrons. The summed E-state index contributed by atoms with van der Waals surface area (Å²) in [5.41, 5.74) is 1.20. The first-order chi connectivity index (χ1) is 16.3. The summed E-state index contributed by atoms with van der Waals surface area (Å²) in [4.78, 5) is 12.6. The number of sulfone groups is 1. The van der Waals surface area contributed by atoms with Crippen molar-refractivity contribution in [1.82, 2.24) is 0 Å². The van der Waals surface area contributed by atoms with E-state index in [0.29, 0.717) is 28.1 Å². The van der Waals surface area contributed by atoms with Gasteiger partial charge in [0.1, 0.15) is 18.2 Å². The van der Waals surface area contributed by atoms with E-state index in [1.54, 1.807) is 37.3 Å². The first kappa shape index (κ1) is 26.6. The summed E-state index contributed by atoms with van der Waals surface area (Å²) in [6.07, 6.45) is -3.44. The fraction of sp³-hybridized carbons (Fsp3) is 0.208. The Balaban J connectivity index is 1.86. The van der Waals surface area contributed by atoms with E-state index < -0.39 is 21.6 Å². The van der Waals surface area contributed by atoms with Crippen LogP contribution >= 0.6 is 15.9 Å². The molecule has 0 aliphatic carbocycles. The third kappa shape index (κ3) is 7.72. The molecule has 6 nitrogen and oxygen atoms in total. The van der Waals surface area contributed by atoms with Gasteiger partial charge in [-0.05, 0) is 66.6 Å². The number of amides is 1. The molecule has 0 bridgehead atoms. The molecule has 0 saturated carbocycles. The number of hydrogen-bond acceptors (Lipinski definition) is 5. The summed E-state index contributed by atoms with van der Waals surface area (Å²) in [6, 6.07) is 14.6. The standard InChI is InChI=1S/C24H22BrF3N2O4S/c1-15-3-6-18(24(26,27)28)11-17(15)13-34-22-12-20(9-10-21(22)29-14-35(2,32)33)30-23(31)16-4-7-19(25)8-5-16/h3-12,29H,13-14H2,1-2H3,(H,30,31). The van der Waals surface area contributed by atoms with Gasteiger partial charge in [0, 0.05) is 28.0 Å². The van der Waals surface area contributed by atoms with Gasteiger partial charge in [-0.15, -0.1) is 0 Å². The van der Waals surface area contributed by atoms with Crippen LogP contribution in [0, 0.1) is 6.92 Å². The largest absolute Gasteiger partial charge is 0.487 e. The van der Waals surface area contributed by atoms with E-state index in [1.165, 1.54) is 18.2 Å². The Morgan fingerprint density at radius 2 is 1.71 bits per heavy atom. The van der Waals surface area contributed by atoms with Gasteiger partial charge in [0.25, 0.3) is 5.91 Å². The minimum Gasteiger partial charge on any atom is -0.487 e. The van der Waals surface area contributed by atoms with Crippen LogP contribution in [0.1, 0.15) is 27.0 Å². The van der Waals surface area contributed by atoms with Crippen LogP contribution in [-0.4, -0.2) is 26.5 Å². The maximum Gasteiger partial charge on any atom is 0.416 e. The number of benzene rings is 3. The molecule has 0 unspecified atom stereocenters. The van der Waals surface area contributed by atoms with Crippen molar-refractivity contribution in [2.45, 2.75) is 19.7 Å². The highest BCUT2D eigenvalue weighted by Gasteiger charge is 2.30. The number of anilines is 2. The summed E-state index contributed by atoms with van der Waals surface area (Å²) in [5.74, 6) is -0.593. The maximum absolute atomic E-state index is 13.1. The van der Waals surface area contributed by atoms with Crippen LogP contribution in [0.4, 0.5) is 24.5 Å². The van der Waals surface area contributed by atoms with Crippen LogP contribution in [-0.2, 0) is 22.6 Å². The molecule has 3 aromatic carbocycles. The van der Waals surface area contributed by atoms with Crippen molar-refractivity contribution < 1.29 is 31.1 Å². The third-order valence-corrected chi connectivity index (χ3v) is 6.13. The number of carbonyl (C=O) groups excluding carboxylic acids is 1. The Morgan fingerprint density at radius 1 is 1.03 bits per heavy atom. The van der Waals surface area contributed by atoms with Crippen molar-refractivity contribution in [3.63, 3.8) is 0 Å². The first-order valence-corrected chi connectivity index (χ1v) is 13.1. The molecular formula is C24H22BrF3N2O4S. The van der Waals surface area contributed by atoms with Crippen LogP contribution in [0.25, 0.3) is 0 Å². The second-order valence-electron chi connectivity index (χ2n) is 7.85. The molecule has 0 fully saturated rings. The van der Waals surface area contributed by atoms with Crippen molar-refractivity contribution in [3.05, 3.63) is 87.4 Å². The number of alkyl halides is 3. The second-order valence-corrected chi connectivity index (χ2v) is 10.9. The highest BCUT2D eigenvalue weighted by Crippen LogP contribution is 2.33. The van der Waals surface area contributed by atoms with Crippen molar-refractivity contribution in [2.75, 3.05) is 22.8 Å². The van der Waals surface area contributed by atoms with E-state index >= 15 is 0 Å². The summed E-state index contributed by atoms with van der Waals surface area (Å²) >= 11 is 3.30. The topological polar surface area (TPSA) is 84.5 Å². The van der Waals surface area contributed by atoms with Gasteiger partial charge in [0.05, 0.1) is 11.3 Å². The Labute approximate surface area is 209 Å². The number of halogens is 4. The summed E-state index contributed by atoms with van der Waals surface area (Å²) in [7, 11) is -3.37. The van der Waals surface area contributed by atoms with Crippen LogP contribution in [0.5, 0.6) is 5.75 Å². The zero-order valence-electron chi connectivity index (χ0n) is 18.7. The lowest BCUT2D eigenvalue weighted by molar-refractivity contribution is -0.137. The average Bonchev–Trinajstić information content (AvgIpc) is 2.77. The fourth-order valence-corrected chi connectivity index (χ4v) is 3.72. The highest BCUT2D eigenvalue weighted by molar-refractivity contribution is 9.10.